The minimum absolute atomic E-state index is 0.157. The average Bonchev–Trinajstić information content (AvgIpc) is 2.46. The van der Waals surface area contributed by atoms with E-state index >= 15 is 0 Å². The summed E-state index contributed by atoms with van der Waals surface area (Å²) >= 11 is 0. The molecule has 2 atom stereocenters. The Labute approximate surface area is 113 Å². The lowest BCUT2D eigenvalue weighted by atomic mass is 10.1. The Balaban J connectivity index is 1.92. The Morgan fingerprint density at radius 1 is 1.21 bits per heavy atom. The number of nitrogens with two attached hydrogens (primary N) is 1. The largest absolute Gasteiger partial charge is 0.367 e. The average molecular weight is 269 g/mol. The van der Waals surface area contributed by atoms with Gasteiger partial charge in [0, 0.05) is 26.2 Å². The number of piperidine rings is 1. The zero-order chi connectivity index (χ0) is 13.8. The molecule has 0 spiro atoms. The van der Waals surface area contributed by atoms with E-state index in [9.17, 15) is 9.59 Å². The highest BCUT2D eigenvalue weighted by molar-refractivity contribution is 5.82. The summed E-state index contributed by atoms with van der Waals surface area (Å²) in [5, 5.41) is 0. The number of hydrogen-bond donors (Lipinski definition) is 1. The molecule has 2 unspecified atom stereocenters. The highest BCUT2D eigenvalue weighted by atomic mass is 16.5. The van der Waals surface area contributed by atoms with Crippen LogP contribution in [0.2, 0.25) is 0 Å². The van der Waals surface area contributed by atoms with Gasteiger partial charge in [-0.3, -0.25) is 14.5 Å². The standard InChI is InChI=1S/C13H23N3O3/c1-10(13(18)15-5-3-2-4-6-15)16-7-8-19-11(9-16)12(14)17/h10-11H,2-9H2,1H3,(H2,14,17). The Hall–Kier alpha value is -1.14. The lowest BCUT2D eigenvalue weighted by Crippen LogP contribution is -2.56. The van der Waals surface area contributed by atoms with Crippen LogP contribution in [0, 0.1) is 0 Å². The van der Waals surface area contributed by atoms with Crippen molar-refractivity contribution in [2.75, 3.05) is 32.8 Å². The van der Waals surface area contributed by atoms with Crippen LogP contribution in [0.15, 0.2) is 0 Å². The maximum atomic E-state index is 12.4. The van der Waals surface area contributed by atoms with Crippen LogP contribution in [-0.4, -0.2) is 66.5 Å². The minimum atomic E-state index is -0.592. The summed E-state index contributed by atoms with van der Waals surface area (Å²) in [7, 11) is 0. The van der Waals surface area contributed by atoms with Crippen molar-refractivity contribution in [3.05, 3.63) is 0 Å². The maximum absolute atomic E-state index is 12.4. The van der Waals surface area contributed by atoms with Gasteiger partial charge in [0.2, 0.25) is 11.8 Å². The first-order valence-corrected chi connectivity index (χ1v) is 7.03. The molecule has 0 radical (unpaired) electrons. The number of carbonyl (C=O) groups excluding carboxylic acids is 2. The Morgan fingerprint density at radius 3 is 2.53 bits per heavy atom. The second-order valence-corrected chi connectivity index (χ2v) is 5.32. The highest BCUT2D eigenvalue weighted by Gasteiger charge is 2.32. The monoisotopic (exact) mass is 269 g/mol. The molecule has 0 bridgehead atoms. The normalized spacial score (nSPS) is 27.0. The molecule has 0 aromatic heterocycles. The fourth-order valence-electron chi connectivity index (χ4n) is 2.73. The summed E-state index contributed by atoms with van der Waals surface area (Å²) in [6.07, 6.45) is 2.79. The van der Waals surface area contributed by atoms with Crippen LogP contribution >= 0.6 is 0 Å². The molecule has 108 valence electrons. The van der Waals surface area contributed by atoms with Crippen LogP contribution in [-0.2, 0) is 14.3 Å². The molecule has 6 heteroatoms. The number of amides is 2. The maximum Gasteiger partial charge on any atom is 0.247 e. The highest BCUT2D eigenvalue weighted by Crippen LogP contribution is 2.15. The molecule has 2 rings (SSSR count). The fraction of sp³-hybridized carbons (Fsp3) is 0.846. The van der Waals surface area contributed by atoms with E-state index in [0.29, 0.717) is 19.7 Å². The van der Waals surface area contributed by atoms with Crippen LogP contribution in [0.4, 0.5) is 0 Å². The van der Waals surface area contributed by atoms with Crippen LogP contribution in [0.1, 0.15) is 26.2 Å². The molecule has 2 aliphatic rings. The molecule has 0 aromatic carbocycles. The third-order valence-corrected chi connectivity index (χ3v) is 3.99. The van der Waals surface area contributed by atoms with E-state index in [-0.39, 0.29) is 11.9 Å². The summed E-state index contributed by atoms with van der Waals surface area (Å²) in [6.45, 7) is 5.14. The van der Waals surface area contributed by atoms with Gasteiger partial charge in [0.15, 0.2) is 0 Å². The van der Waals surface area contributed by atoms with Gasteiger partial charge in [0.1, 0.15) is 6.10 Å². The van der Waals surface area contributed by atoms with Crippen LogP contribution in [0.3, 0.4) is 0 Å². The van der Waals surface area contributed by atoms with E-state index in [2.05, 4.69) is 0 Å². The van der Waals surface area contributed by atoms with E-state index in [1.807, 2.05) is 16.7 Å². The van der Waals surface area contributed by atoms with Gasteiger partial charge >= 0.3 is 0 Å². The molecular weight excluding hydrogens is 246 g/mol. The predicted octanol–water partition coefficient (Wildman–Crippen LogP) is -0.426. The number of carbonyl (C=O) groups is 2. The third kappa shape index (κ3) is 3.45. The van der Waals surface area contributed by atoms with E-state index in [4.69, 9.17) is 10.5 Å². The first kappa shape index (κ1) is 14.3. The van der Waals surface area contributed by atoms with E-state index in [1.54, 1.807) is 0 Å². The molecule has 19 heavy (non-hydrogen) atoms. The van der Waals surface area contributed by atoms with Crippen molar-refractivity contribution >= 4 is 11.8 Å². The number of nitrogens with zero attached hydrogens (tertiary/aromatic N) is 2. The Morgan fingerprint density at radius 2 is 1.89 bits per heavy atom. The number of primary amides is 1. The van der Waals surface area contributed by atoms with E-state index in [0.717, 1.165) is 25.9 Å². The topological polar surface area (TPSA) is 75.9 Å². The van der Waals surface area contributed by atoms with Crippen LogP contribution < -0.4 is 5.73 Å². The fourth-order valence-corrected chi connectivity index (χ4v) is 2.73. The summed E-state index contributed by atoms with van der Waals surface area (Å²) in [5.74, 6) is -0.299. The Kier molecular flexibility index (Phi) is 4.76. The summed E-state index contributed by atoms with van der Waals surface area (Å²) < 4.78 is 5.30. The van der Waals surface area contributed by atoms with Gasteiger partial charge in [-0.05, 0) is 26.2 Å². The second-order valence-electron chi connectivity index (χ2n) is 5.32. The number of rotatable bonds is 3. The van der Waals surface area contributed by atoms with E-state index < -0.39 is 12.0 Å². The SMILES string of the molecule is CC(C(=O)N1CCCCC1)N1CCOC(C(N)=O)C1. The molecule has 2 N–H and O–H groups in total. The number of hydrogen-bond acceptors (Lipinski definition) is 4. The van der Waals surface area contributed by atoms with Crippen molar-refractivity contribution in [1.82, 2.24) is 9.80 Å². The number of likely N-dealkylation sites (tertiary alicyclic amines) is 1. The van der Waals surface area contributed by atoms with Gasteiger partial charge in [-0.2, -0.15) is 0 Å². The quantitative estimate of drug-likeness (QED) is 0.754. The van der Waals surface area contributed by atoms with Crippen molar-refractivity contribution in [1.29, 1.82) is 0 Å². The van der Waals surface area contributed by atoms with Crippen molar-refractivity contribution in [2.45, 2.75) is 38.3 Å². The molecule has 0 saturated carbocycles. The van der Waals surface area contributed by atoms with E-state index in [1.165, 1.54) is 6.42 Å². The van der Waals surface area contributed by atoms with Crippen molar-refractivity contribution in [2.24, 2.45) is 5.73 Å². The van der Waals surface area contributed by atoms with Crippen molar-refractivity contribution < 1.29 is 14.3 Å². The third-order valence-electron chi connectivity index (χ3n) is 3.99. The zero-order valence-corrected chi connectivity index (χ0v) is 11.5. The lowest BCUT2D eigenvalue weighted by Gasteiger charge is -2.38. The molecule has 0 aliphatic carbocycles. The van der Waals surface area contributed by atoms with Gasteiger partial charge in [-0.25, -0.2) is 0 Å². The minimum Gasteiger partial charge on any atom is -0.367 e. The van der Waals surface area contributed by atoms with Gasteiger partial charge in [-0.15, -0.1) is 0 Å². The molecule has 2 saturated heterocycles. The first-order valence-electron chi connectivity index (χ1n) is 7.03. The molecule has 6 nitrogen and oxygen atoms in total. The van der Waals surface area contributed by atoms with Crippen molar-refractivity contribution in [3.63, 3.8) is 0 Å². The van der Waals surface area contributed by atoms with Crippen LogP contribution in [0.25, 0.3) is 0 Å². The smallest absolute Gasteiger partial charge is 0.247 e. The van der Waals surface area contributed by atoms with Gasteiger partial charge in [0.25, 0.3) is 0 Å². The predicted molar refractivity (Wildman–Crippen MR) is 70.4 cm³/mol. The zero-order valence-electron chi connectivity index (χ0n) is 11.5. The summed E-state index contributed by atoms with van der Waals surface area (Å²) in [5.41, 5.74) is 5.26. The molecule has 2 aliphatic heterocycles. The second kappa shape index (κ2) is 6.34. The summed E-state index contributed by atoms with van der Waals surface area (Å²) in [4.78, 5) is 27.5. The van der Waals surface area contributed by atoms with Gasteiger partial charge < -0.3 is 15.4 Å². The van der Waals surface area contributed by atoms with Crippen molar-refractivity contribution in [3.8, 4) is 0 Å². The first-order chi connectivity index (χ1) is 9.09. The molecule has 0 aromatic rings. The van der Waals surface area contributed by atoms with Gasteiger partial charge in [0.05, 0.1) is 12.6 Å². The van der Waals surface area contributed by atoms with Gasteiger partial charge in [-0.1, -0.05) is 0 Å². The lowest BCUT2D eigenvalue weighted by molar-refractivity contribution is -0.145. The van der Waals surface area contributed by atoms with Crippen LogP contribution in [0.5, 0.6) is 0 Å². The number of morpholine rings is 1. The number of ether oxygens (including phenoxy) is 1. The molecule has 2 heterocycles. The molecule has 2 fully saturated rings. The summed E-state index contributed by atoms with van der Waals surface area (Å²) in [6, 6.07) is -0.205. The Bertz CT molecular complexity index is 342. The molecular formula is C13H23N3O3. The molecule has 2 amide bonds.